The van der Waals surface area contributed by atoms with Gasteiger partial charge in [0.25, 0.3) is 0 Å². The van der Waals surface area contributed by atoms with E-state index < -0.39 is 0 Å². The molecule has 0 aliphatic carbocycles. The summed E-state index contributed by atoms with van der Waals surface area (Å²) in [5.41, 5.74) is 6.77. The van der Waals surface area contributed by atoms with Crippen molar-refractivity contribution >= 4 is 11.0 Å². The Bertz CT molecular complexity index is 1100. The highest BCUT2D eigenvalue weighted by Gasteiger charge is 2.09. The fourth-order valence-electron chi connectivity index (χ4n) is 3.06. The number of hydrogen-bond acceptors (Lipinski definition) is 2. The molecule has 0 aliphatic rings. The van der Waals surface area contributed by atoms with Gasteiger partial charge in [0.2, 0.25) is 0 Å². The van der Waals surface area contributed by atoms with Gasteiger partial charge in [-0.15, -0.1) is 0 Å². The molecular formula is C23H18O2. The van der Waals surface area contributed by atoms with Crippen molar-refractivity contribution in [2.75, 3.05) is 0 Å². The lowest BCUT2D eigenvalue weighted by molar-refractivity contribution is 0.561. The molecule has 0 aliphatic heterocycles. The molecule has 4 aromatic rings. The lowest BCUT2D eigenvalue weighted by Gasteiger charge is -2.08. The predicted molar refractivity (Wildman–Crippen MR) is 103 cm³/mol. The standard InChI is InChI=1S/C23H18O2/c1-15-3-7-17(8-4-15)19-11-12-20-21(14-23(24)25-22(20)13-19)18-9-5-16(2)6-10-18/h3-14H,1-2H3. The normalized spacial score (nSPS) is 11.0. The van der Waals surface area contributed by atoms with E-state index >= 15 is 0 Å². The second kappa shape index (κ2) is 6.06. The van der Waals surface area contributed by atoms with Crippen molar-refractivity contribution in [2.45, 2.75) is 13.8 Å². The van der Waals surface area contributed by atoms with Crippen LogP contribution in [0.25, 0.3) is 33.2 Å². The molecule has 25 heavy (non-hydrogen) atoms. The Morgan fingerprint density at radius 2 is 1.20 bits per heavy atom. The van der Waals surface area contributed by atoms with Gasteiger partial charge in [-0.05, 0) is 48.2 Å². The van der Waals surface area contributed by atoms with Crippen LogP contribution in [0.3, 0.4) is 0 Å². The van der Waals surface area contributed by atoms with Crippen molar-refractivity contribution in [2.24, 2.45) is 0 Å². The number of rotatable bonds is 2. The van der Waals surface area contributed by atoms with Crippen molar-refractivity contribution in [3.8, 4) is 22.3 Å². The lowest BCUT2D eigenvalue weighted by atomic mass is 9.98. The number of hydrogen-bond donors (Lipinski definition) is 0. The minimum absolute atomic E-state index is 0.330. The second-order valence-corrected chi connectivity index (χ2v) is 6.42. The Hall–Kier alpha value is -3.13. The quantitative estimate of drug-likeness (QED) is 0.439. The van der Waals surface area contributed by atoms with Gasteiger partial charge in [-0.1, -0.05) is 65.7 Å². The molecule has 122 valence electrons. The molecule has 2 heteroatoms. The van der Waals surface area contributed by atoms with Crippen molar-refractivity contribution in [3.63, 3.8) is 0 Å². The Labute approximate surface area is 146 Å². The molecule has 0 radical (unpaired) electrons. The third-order valence-corrected chi connectivity index (χ3v) is 4.49. The predicted octanol–water partition coefficient (Wildman–Crippen LogP) is 5.74. The summed E-state index contributed by atoms with van der Waals surface area (Å²) in [4.78, 5) is 12.1. The monoisotopic (exact) mass is 326 g/mol. The Balaban J connectivity index is 1.90. The van der Waals surface area contributed by atoms with Gasteiger partial charge < -0.3 is 4.42 Å². The van der Waals surface area contributed by atoms with E-state index in [4.69, 9.17) is 4.42 Å². The largest absolute Gasteiger partial charge is 0.423 e. The van der Waals surface area contributed by atoms with Gasteiger partial charge in [0, 0.05) is 11.5 Å². The summed E-state index contributed by atoms with van der Waals surface area (Å²) in [6.07, 6.45) is 0. The Kier molecular flexibility index (Phi) is 3.73. The molecule has 1 heterocycles. The summed E-state index contributed by atoms with van der Waals surface area (Å²) in [5, 5.41) is 0.944. The molecule has 3 aromatic carbocycles. The summed E-state index contributed by atoms with van der Waals surface area (Å²) < 4.78 is 5.48. The van der Waals surface area contributed by atoms with Crippen LogP contribution in [0.4, 0.5) is 0 Å². The summed E-state index contributed by atoms with van der Waals surface area (Å²) in [5.74, 6) is 0. The fraction of sp³-hybridized carbons (Fsp3) is 0.0870. The molecule has 2 nitrogen and oxygen atoms in total. The third kappa shape index (κ3) is 2.99. The molecule has 0 fully saturated rings. The summed E-state index contributed by atoms with van der Waals surface area (Å²) in [6.45, 7) is 4.12. The number of fused-ring (bicyclic) bond motifs is 1. The van der Waals surface area contributed by atoms with Crippen LogP contribution in [0.5, 0.6) is 0 Å². The molecule has 0 atom stereocenters. The molecule has 0 amide bonds. The zero-order chi connectivity index (χ0) is 17.4. The van der Waals surface area contributed by atoms with E-state index in [1.54, 1.807) is 6.07 Å². The van der Waals surface area contributed by atoms with E-state index in [2.05, 4.69) is 56.3 Å². The minimum atomic E-state index is -0.330. The number of aryl methyl sites for hydroxylation is 2. The summed E-state index contributed by atoms with van der Waals surface area (Å²) >= 11 is 0. The van der Waals surface area contributed by atoms with E-state index in [9.17, 15) is 4.79 Å². The molecular weight excluding hydrogens is 308 g/mol. The first-order valence-electron chi connectivity index (χ1n) is 8.32. The van der Waals surface area contributed by atoms with Crippen LogP contribution in [-0.4, -0.2) is 0 Å². The lowest BCUT2D eigenvalue weighted by Crippen LogP contribution is -1.98. The molecule has 0 N–H and O–H groups in total. The highest BCUT2D eigenvalue weighted by Crippen LogP contribution is 2.31. The minimum Gasteiger partial charge on any atom is -0.423 e. The summed E-state index contributed by atoms with van der Waals surface area (Å²) in [6, 6.07) is 24.1. The highest BCUT2D eigenvalue weighted by molar-refractivity contribution is 5.95. The van der Waals surface area contributed by atoms with Crippen molar-refractivity contribution in [1.82, 2.24) is 0 Å². The highest BCUT2D eigenvalue weighted by atomic mass is 16.4. The molecule has 0 unspecified atom stereocenters. The Morgan fingerprint density at radius 1 is 0.640 bits per heavy atom. The van der Waals surface area contributed by atoms with Crippen LogP contribution in [0, 0.1) is 13.8 Å². The van der Waals surface area contributed by atoms with E-state index in [0.717, 1.165) is 27.6 Å². The van der Waals surface area contributed by atoms with Crippen LogP contribution in [0.2, 0.25) is 0 Å². The van der Waals surface area contributed by atoms with Gasteiger partial charge >= 0.3 is 5.63 Å². The second-order valence-electron chi connectivity index (χ2n) is 6.42. The average Bonchev–Trinajstić information content (AvgIpc) is 2.62. The smallest absolute Gasteiger partial charge is 0.336 e. The fourth-order valence-corrected chi connectivity index (χ4v) is 3.06. The van der Waals surface area contributed by atoms with Gasteiger partial charge in [-0.3, -0.25) is 0 Å². The van der Waals surface area contributed by atoms with E-state index in [1.807, 2.05) is 24.3 Å². The van der Waals surface area contributed by atoms with Crippen LogP contribution in [-0.2, 0) is 0 Å². The van der Waals surface area contributed by atoms with Crippen LogP contribution in [0.1, 0.15) is 11.1 Å². The molecule has 4 rings (SSSR count). The van der Waals surface area contributed by atoms with Gasteiger partial charge in [-0.2, -0.15) is 0 Å². The molecule has 0 saturated carbocycles. The van der Waals surface area contributed by atoms with Gasteiger partial charge in [0.1, 0.15) is 5.58 Å². The molecule has 1 aromatic heterocycles. The van der Waals surface area contributed by atoms with Crippen LogP contribution in [0.15, 0.2) is 82.0 Å². The van der Waals surface area contributed by atoms with Gasteiger partial charge in [-0.25, -0.2) is 4.79 Å². The van der Waals surface area contributed by atoms with Crippen LogP contribution >= 0.6 is 0 Å². The van der Waals surface area contributed by atoms with Crippen LogP contribution < -0.4 is 5.63 Å². The maximum Gasteiger partial charge on any atom is 0.336 e. The SMILES string of the molecule is Cc1ccc(-c2ccc3c(-c4ccc(C)cc4)cc(=O)oc3c2)cc1. The summed E-state index contributed by atoms with van der Waals surface area (Å²) in [7, 11) is 0. The topological polar surface area (TPSA) is 30.2 Å². The first kappa shape index (κ1) is 15.4. The van der Waals surface area contributed by atoms with Gasteiger partial charge in [0.15, 0.2) is 0 Å². The first-order valence-corrected chi connectivity index (χ1v) is 8.32. The van der Waals surface area contributed by atoms with Gasteiger partial charge in [0.05, 0.1) is 0 Å². The average molecular weight is 326 g/mol. The van der Waals surface area contributed by atoms with Crippen molar-refractivity contribution < 1.29 is 4.42 Å². The zero-order valence-corrected chi connectivity index (χ0v) is 14.2. The third-order valence-electron chi connectivity index (χ3n) is 4.49. The molecule has 0 saturated heterocycles. The molecule has 0 spiro atoms. The number of benzene rings is 3. The van der Waals surface area contributed by atoms with E-state index in [-0.39, 0.29) is 5.63 Å². The molecule has 0 bridgehead atoms. The zero-order valence-electron chi connectivity index (χ0n) is 14.2. The maximum atomic E-state index is 12.1. The maximum absolute atomic E-state index is 12.1. The first-order chi connectivity index (χ1) is 12.1. The van der Waals surface area contributed by atoms with Crippen molar-refractivity contribution in [1.29, 1.82) is 0 Å². The van der Waals surface area contributed by atoms with E-state index in [1.165, 1.54) is 11.1 Å². The Morgan fingerprint density at radius 3 is 1.84 bits per heavy atom. The van der Waals surface area contributed by atoms with E-state index in [0.29, 0.717) is 5.58 Å². The van der Waals surface area contributed by atoms with Crippen molar-refractivity contribution in [3.05, 3.63) is 94.3 Å².